The van der Waals surface area contributed by atoms with E-state index in [9.17, 15) is 37.5 Å². The maximum Gasteiger partial charge on any atom is 0.431 e. The molecule has 0 atom stereocenters. The molecule has 0 spiro atoms. The minimum Gasteiger partial charge on any atom is -0.504 e. The Kier molecular flexibility index (Phi) is 12.9. The number of nitrogens with one attached hydrogen (secondary N) is 1. The summed E-state index contributed by atoms with van der Waals surface area (Å²) in [5.74, 6) is 0.156. The van der Waals surface area contributed by atoms with Crippen LogP contribution < -0.4 is 15.8 Å². The number of anilines is 1. The normalized spacial score (nSPS) is 15.5. The predicted molar refractivity (Wildman–Crippen MR) is 184 cm³/mol. The van der Waals surface area contributed by atoms with Gasteiger partial charge in [0.25, 0.3) is 11.5 Å². The fourth-order valence-electron chi connectivity index (χ4n) is 5.65. The maximum atomic E-state index is 13.7. The Morgan fingerprint density at radius 1 is 1.13 bits per heavy atom. The fraction of sp³-hybridized carbons (Fsp3) is 0.455. The molecule has 0 bridgehead atoms. The van der Waals surface area contributed by atoms with E-state index in [2.05, 4.69) is 25.4 Å². The lowest BCUT2D eigenvalue weighted by atomic mass is 10.1. The average Bonchev–Trinajstić information content (AvgIpc) is 3.58. The summed E-state index contributed by atoms with van der Waals surface area (Å²) in [6.07, 6.45) is 3.02. The van der Waals surface area contributed by atoms with Crippen LogP contribution in [0.5, 0.6) is 5.75 Å². The molecule has 1 amide bonds. The fourth-order valence-corrected chi connectivity index (χ4v) is 5.65. The predicted octanol–water partition coefficient (Wildman–Crippen LogP) is 1.52. The van der Waals surface area contributed by atoms with E-state index in [-0.39, 0.29) is 29.2 Å². The molecule has 3 aromatic heterocycles. The minimum absolute atomic E-state index is 0.0328. The maximum absolute atomic E-state index is 13.7. The number of aryl methyl sites for hydroxylation is 1. The monoisotopic (exact) mass is 730 g/mol. The number of hydrogen-bond donors (Lipinski definition) is 2. The molecule has 0 saturated carbocycles. The van der Waals surface area contributed by atoms with Crippen LogP contribution >= 0.6 is 0 Å². The van der Waals surface area contributed by atoms with Crippen molar-refractivity contribution in [2.45, 2.75) is 39.4 Å². The van der Waals surface area contributed by atoms with Gasteiger partial charge in [-0.2, -0.15) is 22.7 Å². The van der Waals surface area contributed by atoms with Crippen molar-refractivity contribution in [1.82, 2.24) is 44.2 Å². The van der Waals surface area contributed by atoms with Crippen molar-refractivity contribution in [3.05, 3.63) is 69.2 Å². The van der Waals surface area contributed by atoms with Gasteiger partial charge in [-0.05, 0) is 37.5 Å². The zero-order chi connectivity index (χ0) is 38.2. The topological polar surface area (TPSA) is 180 Å². The SMILES string of the molecule is CCc1c(N2CCN(C(=O)c3ncnc(C)c3O)CC2)c(=O)n2nc(C3=CCOCC3)nc2n1CC=O.CN/C(C=O)=C/C=C(\N(C)C)C(F)(F)F. The Bertz CT molecular complexity index is 1940. The van der Waals surface area contributed by atoms with Crippen LogP contribution in [0.15, 0.2) is 40.7 Å². The third kappa shape index (κ3) is 8.64. The van der Waals surface area contributed by atoms with Gasteiger partial charge in [0.15, 0.2) is 23.6 Å². The Morgan fingerprint density at radius 2 is 1.85 bits per heavy atom. The summed E-state index contributed by atoms with van der Waals surface area (Å²) >= 11 is 0. The third-order valence-electron chi connectivity index (χ3n) is 8.37. The number of allylic oxidation sites excluding steroid dienone is 4. The number of likely N-dealkylation sites (N-methyl/N-ethyl adjacent to an activating group) is 1. The molecule has 3 aromatic rings. The number of aldehydes is 2. The number of amides is 1. The van der Waals surface area contributed by atoms with E-state index in [0.29, 0.717) is 87.2 Å². The Morgan fingerprint density at radius 3 is 2.40 bits per heavy atom. The van der Waals surface area contributed by atoms with E-state index in [1.165, 1.54) is 32.0 Å². The zero-order valence-corrected chi connectivity index (χ0v) is 29.5. The van der Waals surface area contributed by atoms with Crippen LogP contribution in [-0.2, 0) is 27.3 Å². The van der Waals surface area contributed by atoms with Gasteiger partial charge in [0, 0.05) is 47.3 Å². The van der Waals surface area contributed by atoms with Gasteiger partial charge >= 0.3 is 6.18 Å². The molecule has 1 fully saturated rings. The van der Waals surface area contributed by atoms with E-state index < -0.39 is 17.8 Å². The highest BCUT2D eigenvalue weighted by Crippen LogP contribution is 2.27. The lowest BCUT2D eigenvalue weighted by molar-refractivity contribution is -0.108. The van der Waals surface area contributed by atoms with Crippen LogP contribution in [0.1, 0.15) is 41.0 Å². The molecule has 0 aromatic carbocycles. The second kappa shape index (κ2) is 17.1. The summed E-state index contributed by atoms with van der Waals surface area (Å²) in [6, 6.07) is 0. The van der Waals surface area contributed by atoms with Crippen LogP contribution in [-0.4, -0.2) is 129 Å². The van der Waals surface area contributed by atoms with Crippen LogP contribution in [0.25, 0.3) is 11.4 Å². The van der Waals surface area contributed by atoms with E-state index in [1.54, 1.807) is 16.4 Å². The summed E-state index contributed by atoms with van der Waals surface area (Å²) in [4.78, 5) is 65.6. The summed E-state index contributed by atoms with van der Waals surface area (Å²) in [5, 5.41) is 17.2. The molecule has 5 rings (SSSR count). The van der Waals surface area contributed by atoms with Crippen LogP contribution in [0.2, 0.25) is 0 Å². The third-order valence-corrected chi connectivity index (χ3v) is 8.37. The molecule has 19 heteroatoms. The first-order valence-corrected chi connectivity index (χ1v) is 16.3. The number of aromatic nitrogens is 6. The molecule has 0 unspecified atom stereocenters. The van der Waals surface area contributed by atoms with Gasteiger partial charge in [0.05, 0.1) is 36.8 Å². The number of carbonyl (C=O) groups excluding carboxylic acids is 3. The Balaban J connectivity index is 0.000000342. The summed E-state index contributed by atoms with van der Waals surface area (Å²) in [7, 11) is 4.03. The number of carbonyl (C=O) groups is 3. The molecule has 2 aliphatic rings. The van der Waals surface area contributed by atoms with E-state index in [4.69, 9.17) is 4.74 Å². The number of hydrogen-bond acceptors (Lipinski definition) is 13. The number of nitrogens with zero attached hydrogens (tertiary/aromatic N) is 9. The molecular formula is C33H41F3N10O6. The van der Waals surface area contributed by atoms with Gasteiger partial charge < -0.3 is 39.2 Å². The lowest BCUT2D eigenvalue weighted by Crippen LogP contribution is -2.51. The summed E-state index contributed by atoms with van der Waals surface area (Å²) in [5.41, 5.74) is 1.28. The van der Waals surface area contributed by atoms with E-state index in [0.717, 1.165) is 28.9 Å². The highest BCUT2D eigenvalue weighted by atomic mass is 19.4. The van der Waals surface area contributed by atoms with Gasteiger partial charge in [-0.25, -0.2) is 9.97 Å². The molecule has 5 heterocycles. The first kappa shape index (κ1) is 39.2. The number of halogens is 3. The first-order valence-electron chi connectivity index (χ1n) is 16.3. The van der Waals surface area contributed by atoms with Gasteiger partial charge in [-0.1, -0.05) is 13.0 Å². The summed E-state index contributed by atoms with van der Waals surface area (Å²) < 4.78 is 45.5. The first-order chi connectivity index (χ1) is 24.8. The molecule has 0 radical (unpaired) electrons. The molecule has 16 nitrogen and oxygen atoms in total. The Hall–Kier alpha value is -5.59. The zero-order valence-electron chi connectivity index (χ0n) is 29.5. The molecule has 2 N–H and O–H groups in total. The number of fused-ring (bicyclic) bond motifs is 1. The molecule has 0 aliphatic carbocycles. The molecule has 280 valence electrons. The minimum atomic E-state index is -4.43. The van der Waals surface area contributed by atoms with Gasteiger partial charge in [0.2, 0.25) is 5.78 Å². The molecule has 1 saturated heterocycles. The lowest BCUT2D eigenvalue weighted by Gasteiger charge is -2.36. The highest BCUT2D eigenvalue weighted by molar-refractivity contribution is 5.95. The number of alkyl halides is 3. The second-order valence-electron chi connectivity index (χ2n) is 11.8. The van der Waals surface area contributed by atoms with Gasteiger partial charge in [-0.15, -0.1) is 5.10 Å². The van der Waals surface area contributed by atoms with Crippen molar-refractivity contribution in [3.63, 3.8) is 0 Å². The van der Waals surface area contributed by atoms with Crippen molar-refractivity contribution in [2.75, 3.05) is 65.4 Å². The van der Waals surface area contributed by atoms with Crippen molar-refractivity contribution in [1.29, 1.82) is 0 Å². The smallest absolute Gasteiger partial charge is 0.431 e. The van der Waals surface area contributed by atoms with Crippen molar-refractivity contribution >= 4 is 35.5 Å². The van der Waals surface area contributed by atoms with Crippen molar-refractivity contribution < 1.29 is 37.4 Å². The van der Waals surface area contributed by atoms with E-state index in [1.807, 2.05) is 17.9 Å². The number of aromatic hydroxyl groups is 1. The Labute approximate surface area is 296 Å². The largest absolute Gasteiger partial charge is 0.504 e. The number of piperazine rings is 1. The van der Waals surface area contributed by atoms with Gasteiger partial charge in [0.1, 0.15) is 24.0 Å². The van der Waals surface area contributed by atoms with Crippen LogP contribution in [0.3, 0.4) is 0 Å². The van der Waals surface area contributed by atoms with Crippen LogP contribution in [0.4, 0.5) is 18.9 Å². The summed E-state index contributed by atoms with van der Waals surface area (Å²) in [6.45, 7) is 6.00. The second-order valence-corrected chi connectivity index (χ2v) is 11.8. The number of ether oxygens (including phenoxy) is 1. The standard InChI is InChI=1S/C24H28N8O5.C9H13F3N2O/c1-3-17-19(29-6-8-30(9-7-29)22(35)18-20(34)15(2)25-14-26-18)23(36)32-24(31(17)10-11-33)27-21(28-32)16-4-12-37-13-5-16;1-13-7(6-15)4-5-8(14(2)3)9(10,11)12/h4,11,14,34H,3,5-10,12-13H2,1-2H3;4-6,13H,1-3H3/b;7-4+,8-5-. The van der Waals surface area contributed by atoms with Crippen LogP contribution in [0, 0.1) is 6.92 Å². The highest BCUT2D eigenvalue weighted by Gasteiger charge is 2.35. The van der Waals surface area contributed by atoms with Crippen molar-refractivity contribution in [3.8, 4) is 5.75 Å². The molecule has 52 heavy (non-hydrogen) atoms. The van der Waals surface area contributed by atoms with Gasteiger partial charge in [-0.3, -0.25) is 14.4 Å². The quantitative estimate of drug-likeness (QED) is 0.174. The molecular weight excluding hydrogens is 689 g/mol. The average molecular weight is 731 g/mol. The van der Waals surface area contributed by atoms with E-state index >= 15 is 0 Å². The number of rotatable bonds is 10. The van der Waals surface area contributed by atoms with Crippen molar-refractivity contribution in [2.24, 2.45) is 0 Å². The molecule has 2 aliphatic heterocycles.